The third-order valence-corrected chi connectivity index (χ3v) is 4.55. The minimum Gasteiger partial charge on any atom is -0.494 e. The van der Waals surface area contributed by atoms with Crippen LogP contribution in [0.5, 0.6) is 5.75 Å². The molecular formula is C24H19FN2O4. The molecule has 1 aromatic heterocycles. The van der Waals surface area contributed by atoms with Crippen LogP contribution in [0.1, 0.15) is 27.8 Å². The van der Waals surface area contributed by atoms with Crippen LogP contribution in [0.2, 0.25) is 0 Å². The summed E-state index contributed by atoms with van der Waals surface area (Å²) in [5.41, 5.74) is 1.34. The second-order valence-electron chi connectivity index (χ2n) is 6.68. The maximum Gasteiger partial charge on any atom is 0.293 e. The first-order valence-electron chi connectivity index (χ1n) is 9.68. The lowest BCUT2D eigenvalue weighted by molar-refractivity contribution is 0.0999. The smallest absolute Gasteiger partial charge is 0.293 e. The van der Waals surface area contributed by atoms with Crippen LogP contribution >= 0.6 is 0 Å². The predicted octanol–water partition coefficient (Wildman–Crippen LogP) is 5.48. The van der Waals surface area contributed by atoms with E-state index in [1.807, 2.05) is 6.92 Å². The van der Waals surface area contributed by atoms with Gasteiger partial charge in [0.1, 0.15) is 22.8 Å². The molecule has 0 bridgehead atoms. The Labute approximate surface area is 177 Å². The fourth-order valence-electron chi connectivity index (χ4n) is 3.14. The second-order valence-corrected chi connectivity index (χ2v) is 6.68. The van der Waals surface area contributed by atoms with Crippen molar-refractivity contribution in [1.82, 2.24) is 0 Å². The molecule has 4 aromatic rings. The summed E-state index contributed by atoms with van der Waals surface area (Å²) in [4.78, 5) is 25.7. The number of amides is 2. The Bertz CT molecular complexity index is 1250. The number of halogens is 1. The minimum atomic E-state index is -0.608. The number of ether oxygens (including phenoxy) is 1. The average molecular weight is 418 g/mol. The summed E-state index contributed by atoms with van der Waals surface area (Å²) < 4.78 is 24.6. The van der Waals surface area contributed by atoms with Gasteiger partial charge in [-0.05, 0) is 61.5 Å². The lowest BCUT2D eigenvalue weighted by Gasteiger charge is -2.08. The average Bonchev–Trinajstić information content (AvgIpc) is 3.13. The Hall–Kier alpha value is -4.13. The van der Waals surface area contributed by atoms with Gasteiger partial charge in [0, 0.05) is 16.6 Å². The highest BCUT2D eigenvalue weighted by molar-refractivity contribution is 6.16. The molecule has 156 valence electrons. The highest BCUT2D eigenvalue weighted by Gasteiger charge is 2.23. The molecule has 0 saturated heterocycles. The molecule has 0 radical (unpaired) electrons. The van der Waals surface area contributed by atoms with Gasteiger partial charge in [-0.15, -0.1) is 0 Å². The molecule has 3 aromatic carbocycles. The topological polar surface area (TPSA) is 80.6 Å². The molecule has 0 atom stereocenters. The van der Waals surface area contributed by atoms with E-state index < -0.39 is 17.6 Å². The fraction of sp³-hybridized carbons (Fsp3) is 0.0833. The van der Waals surface area contributed by atoms with Crippen molar-refractivity contribution in [2.24, 2.45) is 0 Å². The summed E-state index contributed by atoms with van der Waals surface area (Å²) in [6.45, 7) is 2.40. The number of para-hydroxylation sites is 1. The standard InChI is InChI=1S/C24H19FN2O4/c1-2-30-18-12-10-15(11-13-18)23(28)27-21-19-8-3-4-9-20(19)31-22(21)24(29)26-17-7-5-6-16(25)14-17/h3-14H,2H2,1H3,(H,26,29)(H,27,28). The first kappa shape index (κ1) is 20.2. The highest BCUT2D eigenvalue weighted by atomic mass is 19.1. The van der Waals surface area contributed by atoms with E-state index in [1.54, 1.807) is 54.6 Å². The summed E-state index contributed by atoms with van der Waals surface area (Å²) in [5.74, 6) is -0.919. The molecule has 7 heteroatoms. The van der Waals surface area contributed by atoms with Gasteiger partial charge in [0.2, 0.25) is 5.76 Å². The number of carbonyl (C=O) groups is 2. The van der Waals surface area contributed by atoms with Crippen molar-refractivity contribution in [1.29, 1.82) is 0 Å². The molecule has 0 saturated carbocycles. The van der Waals surface area contributed by atoms with E-state index in [2.05, 4.69) is 10.6 Å². The summed E-state index contributed by atoms with van der Waals surface area (Å²) >= 11 is 0. The van der Waals surface area contributed by atoms with Crippen LogP contribution in [0.15, 0.2) is 77.2 Å². The van der Waals surface area contributed by atoms with Crippen LogP contribution in [0.4, 0.5) is 15.8 Å². The number of benzene rings is 3. The molecule has 0 aliphatic rings. The maximum atomic E-state index is 13.5. The third-order valence-electron chi connectivity index (χ3n) is 4.55. The van der Waals surface area contributed by atoms with Crippen molar-refractivity contribution in [2.75, 3.05) is 17.2 Å². The molecule has 1 heterocycles. The van der Waals surface area contributed by atoms with Crippen molar-refractivity contribution in [3.63, 3.8) is 0 Å². The van der Waals surface area contributed by atoms with Gasteiger partial charge in [0.25, 0.3) is 11.8 Å². The largest absolute Gasteiger partial charge is 0.494 e. The van der Waals surface area contributed by atoms with Gasteiger partial charge in [0.15, 0.2) is 0 Å². The lowest BCUT2D eigenvalue weighted by Crippen LogP contribution is -2.17. The molecule has 4 rings (SSSR count). The molecule has 0 unspecified atom stereocenters. The SMILES string of the molecule is CCOc1ccc(C(=O)Nc2c(C(=O)Nc3cccc(F)c3)oc3ccccc23)cc1. The maximum absolute atomic E-state index is 13.5. The van der Waals surface area contributed by atoms with E-state index in [-0.39, 0.29) is 17.1 Å². The van der Waals surface area contributed by atoms with Gasteiger partial charge in [-0.3, -0.25) is 9.59 Å². The number of anilines is 2. The molecule has 6 nitrogen and oxygen atoms in total. The summed E-state index contributed by atoms with van der Waals surface area (Å²) in [6.07, 6.45) is 0. The number of fused-ring (bicyclic) bond motifs is 1. The van der Waals surface area contributed by atoms with E-state index in [1.165, 1.54) is 18.2 Å². The van der Waals surface area contributed by atoms with Crippen LogP contribution in [0.25, 0.3) is 11.0 Å². The Morgan fingerprint density at radius 1 is 0.935 bits per heavy atom. The Kier molecular flexibility index (Phi) is 5.66. The summed E-state index contributed by atoms with van der Waals surface area (Å²) in [6, 6.07) is 19.2. The van der Waals surface area contributed by atoms with Crippen molar-refractivity contribution in [2.45, 2.75) is 6.92 Å². The van der Waals surface area contributed by atoms with Crippen molar-refractivity contribution in [3.05, 3.63) is 89.9 Å². The number of hydrogen-bond donors (Lipinski definition) is 2. The van der Waals surface area contributed by atoms with Gasteiger partial charge in [-0.25, -0.2) is 4.39 Å². The Morgan fingerprint density at radius 2 is 1.71 bits per heavy atom. The monoisotopic (exact) mass is 418 g/mol. The quantitative estimate of drug-likeness (QED) is 0.435. The number of nitrogens with one attached hydrogen (secondary N) is 2. The van der Waals surface area contributed by atoms with Gasteiger partial charge >= 0.3 is 0 Å². The van der Waals surface area contributed by atoms with Crippen LogP contribution in [0, 0.1) is 5.82 Å². The lowest BCUT2D eigenvalue weighted by atomic mass is 10.1. The van der Waals surface area contributed by atoms with Gasteiger partial charge in [0.05, 0.1) is 6.61 Å². The zero-order valence-electron chi connectivity index (χ0n) is 16.6. The highest BCUT2D eigenvalue weighted by Crippen LogP contribution is 2.32. The van der Waals surface area contributed by atoms with Gasteiger partial charge in [-0.2, -0.15) is 0 Å². The number of hydrogen-bond acceptors (Lipinski definition) is 4. The van der Waals surface area contributed by atoms with Crippen LogP contribution in [0.3, 0.4) is 0 Å². The molecular weight excluding hydrogens is 399 g/mol. The number of rotatable bonds is 6. The molecule has 31 heavy (non-hydrogen) atoms. The van der Waals surface area contributed by atoms with Crippen molar-refractivity contribution in [3.8, 4) is 5.75 Å². The zero-order chi connectivity index (χ0) is 21.8. The minimum absolute atomic E-state index is 0.0789. The third kappa shape index (κ3) is 4.40. The zero-order valence-corrected chi connectivity index (χ0v) is 16.6. The van der Waals surface area contributed by atoms with Crippen molar-refractivity contribution >= 4 is 34.2 Å². The van der Waals surface area contributed by atoms with Gasteiger partial charge < -0.3 is 19.8 Å². The van der Waals surface area contributed by atoms with Gasteiger partial charge in [-0.1, -0.05) is 18.2 Å². The summed E-state index contributed by atoms with van der Waals surface area (Å²) in [7, 11) is 0. The molecule has 0 aliphatic heterocycles. The number of furan rings is 1. The fourth-order valence-corrected chi connectivity index (χ4v) is 3.14. The van der Waals surface area contributed by atoms with Crippen LogP contribution in [-0.2, 0) is 0 Å². The predicted molar refractivity (Wildman–Crippen MR) is 116 cm³/mol. The normalized spacial score (nSPS) is 10.6. The first-order chi connectivity index (χ1) is 15.0. The van der Waals surface area contributed by atoms with E-state index in [9.17, 15) is 14.0 Å². The molecule has 0 aliphatic carbocycles. The Balaban J connectivity index is 1.64. The molecule has 0 spiro atoms. The van der Waals surface area contributed by atoms with Crippen molar-refractivity contribution < 1.29 is 23.1 Å². The van der Waals surface area contributed by atoms with E-state index in [0.29, 0.717) is 28.9 Å². The number of carbonyl (C=O) groups excluding carboxylic acids is 2. The van der Waals surface area contributed by atoms with Crippen LogP contribution in [-0.4, -0.2) is 18.4 Å². The van der Waals surface area contributed by atoms with Crippen LogP contribution < -0.4 is 15.4 Å². The van der Waals surface area contributed by atoms with E-state index >= 15 is 0 Å². The molecule has 2 N–H and O–H groups in total. The molecule has 0 fully saturated rings. The Morgan fingerprint density at radius 3 is 2.45 bits per heavy atom. The van der Waals surface area contributed by atoms with E-state index in [0.717, 1.165) is 0 Å². The summed E-state index contributed by atoms with van der Waals surface area (Å²) in [5, 5.41) is 5.94. The van der Waals surface area contributed by atoms with E-state index in [4.69, 9.17) is 9.15 Å². The second kappa shape index (κ2) is 8.71. The first-order valence-corrected chi connectivity index (χ1v) is 9.68. The molecule has 2 amide bonds.